The molecule has 0 radical (unpaired) electrons. The number of rotatable bonds is 6. The van der Waals surface area contributed by atoms with Crippen molar-refractivity contribution >= 4 is 16.4 Å². The van der Waals surface area contributed by atoms with Crippen molar-refractivity contribution in [2.45, 2.75) is 19.4 Å². The van der Waals surface area contributed by atoms with Crippen molar-refractivity contribution < 1.29 is 22.3 Å². The molecular weight excluding hydrogens is 230 g/mol. The van der Waals surface area contributed by atoms with Crippen LogP contribution >= 0.6 is 0 Å². The van der Waals surface area contributed by atoms with Gasteiger partial charge in [-0.15, -0.1) is 0 Å². The number of unbranched alkanes of at least 4 members (excludes halogenated alkanes) is 1. The molecule has 1 aromatic heterocycles. The fourth-order valence-corrected chi connectivity index (χ4v) is 1.83. The van der Waals surface area contributed by atoms with E-state index in [1.807, 2.05) is 4.57 Å². The maximum absolute atomic E-state index is 10.4. The number of aromatic nitrogens is 1. The molecule has 16 heavy (non-hydrogen) atoms. The molecule has 0 aliphatic rings. The Kier molecular flexibility index (Phi) is 4.57. The number of aryl methyl sites for hydroxylation is 1. The van der Waals surface area contributed by atoms with Gasteiger partial charge in [-0.25, -0.2) is 13.0 Å². The molecule has 0 spiro atoms. The number of nitrogens with zero attached hydrogens (tertiary/aromatic N) is 1. The molecule has 0 fully saturated rings. The van der Waals surface area contributed by atoms with Gasteiger partial charge < -0.3 is 4.55 Å². The molecule has 1 heterocycles. The smallest absolute Gasteiger partial charge is 0.169 e. The second kappa shape index (κ2) is 5.72. The van der Waals surface area contributed by atoms with Crippen LogP contribution in [0.3, 0.4) is 0 Å². The average Bonchev–Trinajstić information content (AvgIpc) is 2.24. The standard InChI is InChI=1S/C10H13NO4S/c12-9-10-3-6-11(7-4-10)5-1-2-8-16(13,14)15/h3-4,6-7,9H,1-2,5,8H2. The van der Waals surface area contributed by atoms with Crippen LogP contribution in [0.4, 0.5) is 0 Å². The first kappa shape index (κ1) is 12.8. The Labute approximate surface area is 94.5 Å². The minimum atomic E-state index is -4.09. The van der Waals surface area contributed by atoms with Crippen LogP contribution in [0.25, 0.3) is 0 Å². The highest BCUT2D eigenvalue weighted by molar-refractivity contribution is 7.85. The predicted octanol–water partition coefficient (Wildman–Crippen LogP) is 0.112. The predicted molar refractivity (Wildman–Crippen MR) is 55.8 cm³/mol. The zero-order valence-electron chi connectivity index (χ0n) is 8.70. The van der Waals surface area contributed by atoms with Crippen LogP contribution in [0.2, 0.25) is 0 Å². The van der Waals surface area contributed by atoms with Crippen molar-refractivity contribution in [3.05, 3.63) is 30.1 Å². The third kappa shape index (κ3) is 4.99. The summed E-state index contributed by atoms with van der Waals surface area (Å²) >= 11 is 0. The second-order valence-electron chi connectivity index (χ2n) is 3.46. The normalized spacial score (nSPS) is 11.3. The van der Waals surface area contributed by atoms with E-state index in [0.717, 1.165) is 6.29 Å². The van der Waals surface area contributed by atoms with E-state index in [0.29, 0.717) is 24.9 Å². The molecule has 88 valence electrons. The molecule has 0 saturated heterocycles. The van der Waals surface area contributed by atoms with Crippen LogP contribution in [-0.2, 0) is 16.7 Å². The number of pyridine rings is 1. The van der Waals surface area contributed by atoms with E-state index in [1.54, 1.807) is 24.5 Å². The van der Waals surface area contributed by atoms with Gasteiger partial charge in [0.1, 0.15) is 6.54 Å². The molecule has 0 saturated carbocycles. The zero-order valence-corrected chi connectivity index (χ0v) is 9.52. The summed E-state index contributed by atoms with van der Waals surface area (Å²) in [4.78, 5) is 10.4. The van der Waals surface area contributed by atoms with Crippen molar-refractivity contribution in [2.24, 2.45) is 0 Å². The zero-order chi connectivity index (χ0) is 12.0. The van der Waals surface area contributed by atoms with Crippen molar-refractivity contribution in [1.29, 1.82) is 0 Å². The van der Waals surface area contributed by atoms with Crippen LogP contribution in [0.1, 0.15) is 23.2 Å². The first-order chi connectivity index (χ1) is 7.51. The third-order valence-electron chi connectivity index (χ3n) is 2.11. The molecule has 0 aromatic carbocycles. The molecule has 5 nitrogen and oxygen atoms in total. The lowest BCUT2D eigenvalue weighted by Gasteiger charge is -2.04. The van der Waals surface area contributed by atoms with Crippen molar-refractivity contribution in [3.63, 3.8) is 0 Å². The van der Waals surface area contributed by atoms with Crippen molar-refractivity contribution in [2.75, 3.05) is 5.75 Å². The quantitative estimate of drug-likeness (QED) is 0.307. The highest BCUT2D eigenvalue weighted by Crippen LogP contribution is 1.95. The molecule has 6 heteroatoms. The van der Waals surface area contributed by atoms with Crippen LogP contribution in [0, 0.1) is 0 Å². The lowest BCUT2D eigenvalue weighted by atomic mass is 10.3. The van der Waals surface area contributed by atoms with Crippen LogP contribution < -0.4 is 4.57 Å². The molecule has 1 rings (SSSR count). The van der Waals surface area contributed by atoms with E-state index in [4.69, 9.17) is 0 Å². The summed E-state index contributed by atoms with van der Waals surface area (Å²) in [5, 5.41) is 0. The fraction of sp³-hybridized carbons (Fsp3) is 0.400. The number of carbonyl (C=O) groups excluding carboxylic acids is 1. The van der Waals surface area contributed by atoms with E-state index >= 15 is 0 Å². The first-order valence-corrected chi connectivity index (χ1v) is 6.47. The fourth-order valence-electron chi connectivity index (χ4n) is 1.27. The van der Waals surface area contributed by atoms with Gasteiger partial charge in [-0.05, 0) is 6.42 Å². The van der Waals surface area contributed by atoms with Crippen molar-refractivity contribution in [1.82, 2.24) is 0 Å². The Bertz CT molecular complexity index is 438. The van der Waals surface area contributed by atoms with Gasteiger partial charge in [0.15, 0.2) is 18.7 Å². The van der Waals surface area contributed by atoms with Gasteiger partial charge in [-0.3, -0.25) is 4.79 Å². The average molecular weight is 243 g/mol. The number of hydrogen-bond acceptors (Lipinski definition) is 4. The van der Waals surface area contributed by atoms with Gasteiger partial charge in [0.25, 0.3) is 0 Å². The highest BCUT2D eigenvalue weighted by atomic mass is 32.2. The summed E-state index contributed by atoms with van der Waals surface area (Å²) in [7, 11) is -4.09. The SMILES string of the molecule is O=Cc1cc[n+](CCCCS(=O)(=O)[O-])cc1. The molecule has 0 bridgehead atoms. The van der Waals surface area contributed by atoms with Gasteiger partial charge in [-0.2, -0.15) is 0 Å². The monoisotopic (exact) mass is 243 g/mol. The van der Waals surface area contributed by atoms with Crippen molar-refractivity contribution in [3.8, 4) is 0 Å². The molecule has 0 atom stereocenters. The van der Waals surface area contributed by atoms with Gasteiger partial charge >= 0.3 is 0 Å². The minimum Gasteiger partial charge on any atom is -0.748 e. The number of carbonyl (C=O) groups is 1. The lowest BCUT2D eigenvalue weighted by Crippen LogP contribution is -2.32. The Hall–Kier alpha value is -1.27. The summed E-state index contributed by atoms with van der Waals surface area (Å²) in [5.74, 6) is -0.319. The topological polar surface area (TPSA) is 78.1 Å². The summed E-state index contributed by atoms with van der Waals surface area (Å²) in [6.45, 7) is 0.634. The summed E-state index contributed by atoms with van der Waals surface area (Å²) in [6.07, 6.45) is 5.22. The molecule has 0 aliphatic heterocycles. The molecule has 0 N–H and O–H groups in total. The Morgan fingerprint density at radius 3 is 2.38 bits per heavy atom. The van der Waals surface area contributed by atoms with E-state index in [2.05, 4.69) is 0 Å². The Morgan fingerprint density at radius 1 is 1.25 bits per heavy atom. The molecule has 0 amide bonds. The summed E-state index contributed by atoms with van der Waals surface area (Å²) in [5.41, 5.74) is 0.596. The molecular formula is C10H13NO4S. The van der Waals surface area contributed by atoms with E-state index < -0.39 is 10.1 Å². The van der Waals surface area contributed by atoms with Gasteiger partial charge in [0.05, 0.1) is 10.1 Å². The van der Waals surface area contributed by atoms with Gasteiger partial charge in [0, 0.05) is 29.9 Å². The first-order valence-electron chi connectivity index (χ1n) is 4.89. The third-order valence-corrected chi connectivity index (χ3v) is 2.90. The van der Waals surface area contributed by atoms with E-state index in [9.17, 15) is 17.8 Å². The summed E-state index contributed by atoms with van der Waals surface area (Å²) in [6, 6.07) is 3.36. The van der Waals surface area contributed by atoms with E-state index in [1.165, 1.54) is 0 Å². The summed E-state index contributed by atoms with van der Waals surface area (Å²) < 4.78 is 32.8. The van der Waals surface area contributed by atoms with Gasteiger partial charge in [0.2, 0.25) is 0 Å². The van der Waals surface area contributed by atoms with Crippen LogP contribution in [0.15, 0.2) is 24.5 Å². The largest absolute Gasteiger partial charge is 0.748 e. The number of aldehydes is 1. The highest BCUT2D eigenvalue weighted by Gasteiger charge is 2.01. The molecule has 0 unspecified atom stereocenters. The maximum Gasteiger partial charge on any atom is 0.169 e. The molecule has 0 aliphatic carbocycles. The maximum atomic E-state index is 10.4. The van der Waals surface area contributed by atoms with Crippen LogP contribution in [-0.4, -0.2) is 25.0 Å². The minimum absolute atomic E-state index is 0.319. The van der Waals surface area contributed by atoms with E-state index in [-0.39, 0.29) is 5.75 Å². The van der Waals surface area contributed by atoms with Gasteiger partial charge in [-0.1, -0.05) is 0 Å². The Morgan fingerprint density at radius 2 is 1.88 bits per heavy atom. The Balaban J connectivity index is 2.35. The lowest BCUT2D eigenvalue weighted by molar-refractivity contribution is -0.697. The second-order valence-corrected chi connectivity index (χ2v) is 4.98. The van der Waals surface area contributed by atoms with Crippen LogP contribution in [0.5, 0.6) is 0 Å². The molecule has 1 aromatic rings. The number of hydrogen-bond donors (Lipinski definition) is 0.